The predicted molar refractivity (Wildman–Crippen MR) is 74.3 cm³/mol. The molecular formula is C15H25NO4. The summed E-state index contributed by atoms with van der Waals surface area (Å²) < 4.78 is 5.30. The number of carbonyl (C=O) groups excluding carboxylic acids is 1. The van der Waals surface area contributed by atoms with Gasteiger partial charge in [0.25, 0.3) is 0 Å². The zero-order valence-corrected chi connectivity index (χ0v) is 12.2. The maximum atomic E-state index is 12.2. The van der Waals surface area contributed by atoms with Gasteiger partial charge in [0.15, 0.2) is 0 Å². The number of carboxylic acid groups (broad SMARTS) is 1. The first-order chi connectivity index (χ1) is 9.53. The third kappa shape index (κ3) is 3.95. The van der Waals surface area contributed by atoms with Gasteiger partial charge in [-0.3, -0.25) is 9.59 Å². The largest absolute Gasteiger partial charge is 0.481 e. The minimum atomic E-state index is -0.792. The highest BCUT2D eigenvalue weighted by molar-refractivity contribution is 5.78. The molecule has 5 heteroatoms. The van der Waals surface area contributed by atoms with Gasteiger partial charge in [-0.25, -0.2) is 0 Å². The van der Waals surface area contributed by atoms with Crippen molar-refractivity contribution >= 4 is 11.9 Å². The van der Waals surface area contributed by atoms with Crippen LogP contribution in [0, 0.1) is 5.41 Å². The van der Waals surface area contributed by atoms with Crippen LogP contribution in [0.25, 0.3) is 0 Å². The van der Waals surface area contributed by atoms with E-state index in [1.54, 1.807) is 7.11 Å². The molecule has 2 unspecified atom stereocenters. The molecule has 2 rings (SSSR count). The standard InChI is InChI=1S/C15H25NO4/c1-20-12-5-4-11(8-12)16-13(17)9-15(10-14(18)19)6-2-3-7-15/h11-12H,2-10H2,1H3,(H,16,17)(H,18,19). The van der Waals surface area contributed by atoms with Gasteiger partial charge >= 0.3 is 5.97 Å². The first-order valence-electron chi connectivity index (χ1n) is 7.57. The van der Waals surface area contributed by atoms with Crippen molar-refractivity contribution in [3.05, 3.63) is 0 Å². The lowest BCUT2D eigenvalue weighted by Gasteiger charge is -2.27. The van der Waals surface area contributed by atoms with E-state index in [0.717, 1.165) is 44.9 Å². The van der Waals surface area contributed by atoms with E-state index < -0.39 is 5.97 Å². The van der Waals surface area contributed by atoms with Crippen LogP contribution in [-0.2, 0) is 14.3 Å². The van der Waals surface area contributed by atoms with E-state index in [0.29, 0.717) is 6.42 Å². The second-order valence-electron chi connectivity index (χ2n) is 6.39. The molecule has 2 aliphatic rings. The number of methoxy groups -OCH3 is 1. The third-order valence-electron chi connectivity index (χ3n) is 4.81. The normalized spacial score (nSPS) is 28.4. The lowest BCUT2D eigenvalue weighted by molar-refractivity contribution is -0.140. The maximum Gasteiger partial charge on any atom is 0.303 e. The van der Waals surface area contributed by atoms with Crippen molar-refractivity contribution in [2.24, 2.45) is 5.41 Å². The summed E-state index contributed by atoms with van der Waals surface area (Å²) in [5.41, 5.74) is -0.310. The first-order valence-corrected chi connectivity index (χ1v) is 7.57. The zero-order valence-electron chi connectivity index (χ0n) is 12.2. The number of carbonyl (C=O) groups is 2. The van der Waals surface area contributed by atoms with Crippen molar-refractivity contribution in [2.45, 2.75) is 69.9 Å². The molecule has 2 N–H and O–H groups in total. The fourth-order valence-corrected chi connectivity index (χ4v) is 3.77. The van der Waals surface area contributed by atoms with Gasteiger partial charge in [-0.1, -0.05) is 12.8 Å². The van der Waals surface area contributed by atoms with Crippen LogP contribution in [0.15, 0.2) is 0 Å². The molecule has 114 valence electrons. The molecule has 0 bridgehead atoms. The van der Waals surface area contributed by atoms with Gasteiger partial charge in [0.2, 0.25) is 5.91 Å². The smallest absolute Gasteiger partial charge is 0.303 e. The van der Waals surface area contributed by atoms with Crippen LogP contribution in [0.2, 0.25) is 0 Å². The van der Waals surface area contributed by atoms with Gasteiger partial charge in [0.05, 0.1) is 12.5 Å². The van der Waals surface area contributed by atoms with Crippen molar-refractivity contribution in [3.63, 3.8) is 0 Å². The first kappa shape index (κ1) is 15.3. The molecule has 0 aliphatic heterocycles. The van der Waals surface area contributed by atoms with Gasteiger partial charge in [-0.2, -0.15) is 0 Å². The van der Waals surface area contributed by atoms with Crippen LogP contribution < -0.4 is 5.32 Å². The molecule has 2 saturated carbocycles. The number of ether oxygens (including phenoxy) is 1. The van der Waals surface area contributed by atoms with Crippen LogP contribution in [-0.4, -0.2) is 36.2 Å². The number of aliphatic carboxylic acids is 1. The molecule has 5 nitrogen and oxygen atoms in total. The maximum absolute atomic E-state index is 12.2. The molecule has 0 aromatic rings. The summed E-state index contributed by atoms with van der Waals surface area (Å²) in [6.07, 6.45) is 7.33. The Labute approximate surface area is 120 Å². The van der Waals surface area contributed by atoms with E-state index in [1.165, 1.54) is 0 Å². The summed E-state index contributed by atoms with van der Waals surface area (Å²) >= 11 is 0. The molecule has 2 aliphatic carbocycles. The SMILES string of the molecule is COC1CCC(NC(=O)CC2(CC(=O)O)CCCC2)C1. The lowest BCUT2D eigenvalue weighted by atomic mass is 9.79. The monoisotopic (exact) mass is 283 g/mol. The summed E-state index contributed by atoms with van der Waals surface area (Å²) in [7, 11) is 1.70. The Balaban J connectivity index is 1.84. The molecule has 20 heavy (non-hydrogen) atoms. The Bertz CT molecular complexity index is 363. The van der Waals surface area contributed by atoms with Crippen molar-refractivity contribution < 1.29 is 19.4 Å². The molecule has 0 aromatic heterocycles. The summed E-state index contributed by atoms with van der Waals surface area (Å²) in [6, 6.07) is 0.190. The van der Waals surface area contributed by atoms with E-state index in [1.807, 2.05) is 0 Å². The topological polar surface area (TPSA) is 75.6 Å². The van der Waals surface area contributed by atoms with Gasteiger partial charge < -0.3 is 15.2 Å². The van der Waals surface area contributed by atoms with E-state index >= 15 is 0 Å². The highest BCUT2D eigenvalue weighted by Crippen LogP contribution is 2.44. The van der Waals surface area contributed by atoms with Crippen molar-refractivity contribution in [1.82, 2.24) is 5.32 Å². The highest BCUT2D eigenvalue weighted by Gasteiger charge is 2.38. The molecule has 0 heterocycles. The fraction of sp³-hybridized carbons (Fsp3) is 0.867. The second-order valence-corrected chi connectivity index (χ2v) is 6.39. The van der Waals surface area contributed by atoms with E-state index in [2.05, 4.69) is 5.32 Å². The fourth-order valence-electron chi connectivity index (χ4n) is 3.77. The van der Waals surface area contributed by atoms with Gasteiger partial charge in [-0.05, 0) is 37.5 Å². The lowest BCUT2D eigenvalue weighted by Crippen LogP contribution is -2.37. The van der Waals surface area contributed by atoms with Crippen molar-refractivity contribution in [3.8, 4) is 0 Å². The van der Waals surface area contributed by atoms with Gasteiger partial charge in [0, 0.05) is 19.6 Å². The molecule has 2 atom stereocenters. The Morgan fingerprint density at radius 1 is 1.25 bits per heavy atom. The number of carboxylic acids is 1. The zero-order chi connectivity index (χ0) is 14.6. The minimum Gasteiger partial charge on any atom is -0.481 e. The molecular weight excluding hydrogens is 258 g/mol. The van der Waals surface area contributed by atoms with Crippen LogP contribution in [0.3, 0.4) is 0 Å². The predicted octanol–water partition coefficient (Wildman–Crippen LogP) is 2.10. The van der Waals surface area contributed by atoms with Gasteiger partial charge in [-0.15, -0.1) is 0 Å². The molecule has 0 aromatic carbocycles. The van der Waals surface area contributed by atoms with Crippen LogP contribution in [0.5, 0.6) is 0 Å². The van der Waals surface area contributed by atoms with E-state index in [9.17, 15) is 9.59 Å². The van der Waals surface area contributed by atoms with Gasteiger partial charge in [0.1, 0.15) is 0 Å². The molecule has 0 spiro atoms. The average molecular weight is 283 g/mol. The Morgan fingerprint density at radius 2 is 1.95 bits per heavy atom. The molecule has 2 fully saturated rings. The molecule has 0 radical (unpaired) electrons. The summed E-state index contributed by atoms with van der Waals surface area (Å²) in [6.45, 7) is 0. The summed E-state index contributed by atoms with van der Waals surface area (Å²) in [5.74, 6) is -0.782. The van der Waals surface area contributed by atoms with E-state index in [-0.39, 0.29) is 29.9 Å². The van der Waals surface area contributed by atoms with Crippen LogP contribution in [0.4, 0.5) is 0 Å². The quantitative estimate of drug-likeness (QED) is 0.782. The van der Waals surface area contributed by atoms with Crippen molar-refractivity contribution in [2.75, 3.05) is 7.11 Å². The van der Waals surface area contributed by atoms with Crippen molar-refractivity contribution in [1.29, 1.82) is 0 Å². The van der Waals surface area contributed by atoms with Crippen LogP contribution >= 0.6 is 0 Å². The Kier molecular flexibility index (Phi) is 5.02. The number of hydrogen-bond donors (Lipinski definition) is 2. The number of hydrogen-bond acceptors (Lipinski definition) is 3. The number of amides is 1. The molecule has 1 amide bonds. The molecule has 0 saturated heterocycles. The minimum absolute atomic E-state index is 0.00917. The third-order valence-corrected chi connectivity index (χ3v) is 4.81. The Morgan fingerprint density at radius 3 is 2.50 bits per heavy atom. The Hall–Kier alpha value is -1.10. The van der Waals surface area contributed by atoms with Crippen LogP contribution in [0.1, 0.15) is 57.8 Å². The number of nitrogens with one attached hydrogen (secondary N) is 1. The summed E-state index contributed by atoms with van der Waals surface area (Å²) in [4.78, 5) is 23.2. The highest BCUT2D eigenvalue weighted by atomic mass is 16.5. The number of rotatable bonds is 6. The second kappa shape index (κ2) is 6.57. The summed E-state index contributed by atoms with van der Waals surface area (Å²) in [5, 5.41) is 12.1. The average Bonchev–Trinajstić information content (AvgIpc) is 2.98. The van der Waals surface area contributed by atoms with E-state index in [4.69, 9.17) is 9.84 Å².